The van der Waals surface area contributed by atoms with Crippen LogP contribution in [0, 0.1) is 0 Å². The van der Waals surface area contributed by atoms with E-state index in [1.165, 1.54) is 0 Å². The van der Waals surface area contributed by atoms with Gasteiger partial charge in [-0.25, -0.2) is 5.10 Å². The fraction of sp³-hybridized carbons (Fsp3) is 0. The van der Waals surface area contributed by atoms with Gasteiger partial charge in [-0.1, -0.05) is 36.4 Å². The summed E-state index contributed by atoms with van der Waals surface area (Å²) in [5.41, 5.74) is 1.49. The Labute approximate surface area is 87.1 Å². The molecule has 3 heteroatoms. The highest BCUT2D eigenvalue weighted by Gasteiger charge is 1.92. The van der Waals surface area contributed by atoms with Gasteiger partial charge in [-0.2, -0.15) is 5.10 Å². The van der Waals surface area contributed by atoms with Crippen molar-refractivity contribution in [1.29, 1.82) is 0 Å². The second-order valence-electron chi connectivity index (χ2n) is 3.09. The maximum atomic E-state index is 11.3. The summed E-state index contributed by atoms with van der Waals surface area (Å²) in [6, 6.07) is 11.5. The average molecular weight is 198 g/mol. The maximum Gasteiger partial charge on any atom is 0.271 e. The molecule has 0 unspecified atom stereocenters. The molecular formula is C12H10N2O. The van der Waals surface area contributed by atoms with Crippen molar-refractivity contribution in [1.82, 2.24) is 10.2 Å². The molecule has 0 aliphatic heterocycles. The van der Waals surface area contributed by atoms with Crippen LogP contribution >= 0.6 is 0 Å². The van der Waals surface area contributed by atoms with Crippen LogP contribution in [0.25, 0.3) is 12.2 Å². The zero-order valence-electron chi connectivity index (χ0n) is 8.05. The van der Waals surface area contributed by atoms with E-state index in [2.05, 4.69) is 10.2 Å². The molecule has 0 amide bonds. The smallest absolute Gasteiger partial charge is 0.267 e. The number of nitrogens with zero attached hydrogens (tertiary/aromatic N) is 1. The summed E-state index contributed by atoms with van der Waals surface area (Å²) in [6.07, 6.45) is 5.23. The Morgan fingerprint density at radius 3 is 2.60 bits per heavy atom. The molecule has 0 radical (unpaired) electrons. The largest absolute Gasteiger partial charge is 0.271 e. The van der Waals surface area contributed by atoms with E-state index in [0.29, 0.717) is 5.56 Å². The molecular weight excluding hydrogens is 188 g/mol. The van der Waals surface area contributed by atoms with E-state index < -0.39 is 0 Å². The first-order valence-electron chi connectivity index (χ1n) is 4.63. The van der Waals surface area contributed by atoms with Crippen LogP contribution in [0.1, 0.15) is 11.1 Å². The van der Waals surface area contributed by atoms with Gasteiger partial charge in [0, 0.05) is 11.8 Å². The quantitative estimate of drug-likeness (QED) is 0.801. The minimum atomic E-state index is -0.176. The third-order valence-electron chi connectivity index (χ3n) is 2.01. The monoisotopic (exact) mass is 198 g/mol. The summed E-state index contributed by atoms with van der Waals surface area (Å²) in [5.74, 6) is 0. The third kappa shape index (κ3) is 2.40. The van der Waals surface area contributed by atoms with E-state index in [1.807, 2.05) is 36.4 Å². The fourth-order valence-electron chi connectivity index (χ4n) is 1.24. The number of hydrogen-bond donors (Lipinski definition) is 1. The molecule has 0 fully saturated rings. The highest BCUT2D eigenvalue weighted by molar-refractivity contribution is 5.68. The Balaban J connectivity index is 2.27. The van der Waals surface area contributed by atoms with Crippen molar-refractivity contribution >= 4 is 12.2 Å². The van der Waals surface area contributed by atoms with Gasteiger partial charge in [0.25, 0.3) is 5.56 Å². The first-order valence-corrected chi connectivity index (χ1v) is 4.63. The Morgan fingerprint density at radius 2 is 1.87 bits per heavy atom. The lowest BCUT2D eigenvalue weighted by Gasteiger charge is -1.92. The van der Waals surface area contributed by atoms with Gasteiger partial charge in [0.05, 0.1) is 0 Å². The molecule has 3 nitrogen and oxygen atoms in total. The van der Waals surface area contributed by atoms with Crippen molar-refractivity contribution in [3.05, 3.63) is 64.1 Å². The summed E-state index contributed by atoms with van der Waals surface area (Å²) >= 11 is 0. The molecule has 0 saturated heterocycles. The van der Waals surface area contributed by atoms with Gasteiger partial charge in [0.1, 0.15) is 0 Å². The molecule has 0 aliphatic rings. The van der Waals surface area contributed by atoms with Crippen molar-refractivity contribution in [2.45, 2.75) is 0 Å². The Kier molecular flexibility index (Phi) is 2.74. The SMILES string of the molecule is O=c1[nH]nccc1/C=C/c1ccccc1. The highest BCUT2D eigenvalue weighted by Crippen LogP contribution is 2.03. The zero-order valence-corrected chi connectivity index (χ0v) is 8.05. The topological polar surface area (TPSA) is 45.8 Å². The highest BCUT2D eigenvalue weighted by atomic mass is 16.1. The standard InChI is InChI=1S/C12H10N2O/c15-12-11(8-9-13-14-12)7-6-10-4-2-1-3-5-10/h1-9H,(H,14,15)/b7-6+. The summed E-state index contributed by atoms with van der Waals surface area (Å²) in [4.78, 5) is 11.3. The van der Waals surface area contributed by atoms with E-state index in [9.17, 15) is 4.79 Å². The lowest BCUT2D eigenvalue weighted by Crippen LogP contribution is -2.09. The van der Waals surface area contributed by atoms with E-state index in [4.69, 9.17) is 0 Å². The van der Waals surface area contributed by atoms with Crippen molar-refractivity contribution in [2.75, 3.05) is 0 Å². The molecule has 0 bridgehead atoms. The van der Waals surface area contributed by atoms with Gasteiger partial charge in [0.2, 0.25) is 0 Å². The molecule has 1 heterocycles. The zero-order chi connectivity index (χ0) is 10.5. The fourth-order valence-corrected chi connectivity index (χ4v) is 1.24. The molecule has 0 aliphatic carbocycles. The van der Waals surface area contributed by atoms with Crippen molar-refractivity contribution in [3.8, 4) is 0 Å². The number of aromatic amines is 1. The number of hydrogen-bond acceptors (Lipinski definition) is 2. The molecule has 1 aromatic heterocycles. The van der Waals surface area contributed by atoms with Crippen LogP contribution in [0.5, 0.6) is 0 Å². The van der Waals surface area contributed by atoms with Gasteiger partial charge in [0.15, 0.2) is 0 Å². The second-order valence-corrected chi connectivity index (χ2v) is 3.09. The molecule has 0 spiro atoms. The molecule has 2 rings (SSSR count). The van der Waals surface area contributed by atoms with E-state index in [-0.39, 0.29) is 5.56 Å². The predicted octanol–water partition coefficient (Wildman–Crippen LogP) is 1.94. The maximum absolute atomic E-state index is 11.3. The van der Waals surface area contributed by atoms with Crippen LogP contribution in [0.15, 0.2) is 47.4 Å². The summed E-state index contributed by atoms with van der Waals surface area (Å²) in [7, 11) is 0. The van der Waals surface area contributed by atoms with Gasteiger partial charge in [-0.3, -0.25) is 4.79 Å². The first-order chi connectivity index (χ1) is 7.36. The van der Waals surface area contributed by atoms with Crippen molar-refractivity contribution < 1.29 is 0 Å². The van der Waals surface area contributed by atoms with Gasteiger partial charge >= 0.3 is 0 Å². The molecule has 15 heavy (non-hydrogen) atoms. The van der Waals surface area contributed by atoms with Crippen molar-refractivity contribution in [3.63, 3.8) is 0 Å². The van der Waals surface area contributed by atoms with Gasteiger partial charge in [-0.15, -0.1) is 0 Å². The minimum absolute atomic E-state index is 0.176. The summed E-state index contributed by atoms with van der Waals surface area (Å²) < 4.78 is 0. The van der Waals surface area contributed by atoms with Gasteiger partial charge in [-0.05, 0) is 17.7 Å². The normalized spacial score (nSPS) is 10.7. The predicted molar refractivity (Wildman–Crippen MR) is 60.2 cm³/mol. The number of nitrogens with one attached hydrogen (secondary N) is 1. The lowest BCUT2D eigenvalue weighted by molar-refractivity contribution is 0.984. The van der Waals surface area contributed by atoms with Crippen LogP contribution < -0.4 is 5.56 Å². The van der Waals surface area contributed by atoms with Crippen molar-refractivity contribution in [2.24, 2.45) is 0 Å². The minimum Gasteiger partial charge on any atom is -0.267 e. The van der Waals surface area contributed by atoms with E-state index >= 15 is 0 Å². The molecule has 2 aromatic rings. The van der Waals surface area contributed by atoms with Crippen LogP contribution in [-0.4, -0.2) is 10.2 Å². The third-order valence-corrected chi connectivity index (χ3v) is 2.01. The first kappa shape index (κ1) is 9.40. The molecule has 74 valence electrons. The number of H-pyrrole nitrogens is 1. The summed E-state index contributed by atoms with van der Waals surface area (Å²) in [6.45, 7) is 0. The van der Waals surface area contributed by atoms with Crippen LogP contribution in [0.4, 0.5) is 0 Å². The Morgan fingerprint density at radius 1 is 1.07 bits per heavy atom. The molecule has 1 N–H and O–H groups in total. The van der Waals surface area contributed by atoms with Gasteiger partial charge < -0.3 is 0 Å². The van der Waals surface area contributed by atoms with Crippen LogP contribution in [0.3, 0.4) is 0 Å². The summed E-state index contributed by atoms with van der Waals surface area (Å²) in [5, 5.41) is 6.01. The molecule has 0 atom stereocenters. The van der Waals surface area contributed by atoms with Crippen LogP contribution in [0.2, 0.25) is 0 Å². The van der Waals surface area contributed by atoms with Crippen LogP contribution in [-0.2, 0) is 0 Å². The lowest BCUT2D eigenvalue weighted by atomic mass is 10.2. The average Bonchev–Trinajstić information content (AvgIpc) is 2.29. The second kappa shape index (κ2) is 4.37. The number of aromatic nitrogens is 2. The number of rotatable bonds is 2. The molecule has 1 aromatic carbocycles. The Bertz CT molecular complexity index is 514. The molecule has 0 saturated carbocycles. The van der Waals surface area contributed by atoms with E-state index in [1.54, 1.807) is 18.3 Å². The van der Waals surface area contributed by atoms with E-state index in [0.717, 1.165) is 5.56 Å². The Hall–Kier alpha value is -2.16. The number of benzene rings is 1.